The van der Waals surface area contributed by atoms with Crippen molar-refractivity contribution in [3.8, 4) is 10.7 Å². The number of hydrogen-bond donors (Lipinski definition) is 1. The molecule has 0 spiro atoms. The van der Waals surface area contributed by atoms with Crippen LogP contribution in [-0.2, 0) is 11.3 Å². The van der Waals surface area contributed by atoms with Crippen LogP contribution in [0.25, 0.3) is 10.7 Å². The molecule has 0 saturated heterocycles. The van der Waals surface area contributed by atoms with E-state index in [0.29, 0.717) is 22.7 Å². The minimum absolute atomic E-state index is 0.407. The molecule has 0 saturated carbocycles. The number of aromatic nitrogens is 2. The molecule has 0 radical (unpaired) electrons. The van der Waals surface area contributed by atoms with Crippen molar-refractivity contribution in [2.45, 2.75) is 13.5 Å². The Morgan fingerprint density at radius 3 is 2.76 bits per heavy atom. The molecule has 90 valence electrons. The lowest BCUT2D eigenvalue weighted by Crippen LogP contribution is -2.03. The van der Waals surface area contributed by atoms with E-state index in [1.807, 2.05) is 19.1 Å². The van der Waals surface area contributed by atoms with Crippen LogP contribution in [-0.4, -0.2) is 17.1 Å². The minimum atomic E-state index is 0.407. The van der Waals surface area contributed by atoms with Gasteiger partial charge in [0.2, 0.25) is 0 Å². The molecule has 2 rings (SSSR count). The average molecular weight is 314 g/mol. The zero-order valence-electron chi connectivity index (χ0n) is 9.53. The first-order chi connectivity index (χ1) is 8.11. The van der Waals surface area contributed by atoms with Crippen LogP contribution >= 0.6 is 27.3 Å². The van der Waals surface area contributed by atoms with Crippen LogP contribution in [0.15, 0.2) is 16.6 Å². The normalized spacial score (nSPS) is 10.8. The van der Waals surface area contributed by atoms with Gasteiger partial charge in [-0.05, 0) is 35.0 Å². The molecule has 0 fully saturated rings. The molecule has 0 amide bonds. The molecule has 6 heteroatoms. The molecule has 0 aliphatic rings. The summed E-state index contributed by atoms with van der Waals surface area (Å²) >= 11 is 5.01. The van der Waals surface area contributed by atoms with Crippen LogP contribution in [0.4, 0.5) is 5.82 Å². The molecule has 0 aliphatic heterocycles. The van der Waals surface area contributed by atoms with Gasteiger partial charge in [-0.3, -0.25) is 0 Å². The van der Waals surface area contributed by atoms with E-state index in [4.69, 9.17) is 10.5 Å². The lowest BCUT2D eigenvalue weighted by molar-refractivity contribution is 0.181. The maximum absolute atomic E-state index is 5.85. The fourth-order valence-electron chi connectivity index (χ4n) is 1.41. The Labute approximate surface area is 112 Å². The highest BCUT2D eigenvalue weighted by Crippen LogP contribution is 2.29. The van der Waals surface area contributed by atoms with Crippen molar-refractivity contribution < 1.29 is 4.74 Å². The Kier molecular flexibility index (Phi) is 3.76. The van der Waals surface area contributed by atoms with Crippen molar-refractivity contribution >= 4 is 33.1 Å². The van der Waals surface area contributed by atoms with E-state index in [1.54, 1.807) is 18.4 Å². The number of anilines is 1. The molecule has 4 nitrogen and oxygen atoms in total. The number of methoxy groups -OCH3 is 1. The molecule has 2 aromatic heterocycles. The highest BCUT2D eigenvalue weighted by atomic mass is 79.9. The van der Waals surface area contributed by atoms with Gasteiger partial charge in [-0.15, -0.1) is 11.3 Å². The molecule has 0 aromatic carbocycles. The fourth-order valence-corrected chi connectivity index (χ4v) is 2.50. The first kappa shape index (κ1) is 12.5. The summed E-state index contributed by atoms with van der Waals surface area (Å²) in [7, 11) is 1.62. The third-order valence-electron chi connectivity index (χ3n) is 2.19. The predicted molar refractivity (Wildman–Crippen MR) is 72.9 cm³/mol. The van der Waals surface area contributed by atoms with E-state index in [1.165, 1.54) is 4.88 Å². The number of nitrogens with zero attached hydrogens (tertiary/aromatic N) is 2. The molecule has 0 bridgehead atoms. The van der Waals surface area contributed by atoms with Gasteiger partial charge in [0.25, 0.3) is 0 Å². The number of halogens is 1. The van der Waals surface area contributed by atoms with E-state index in [0.717, 1.165) is 10.6 Å². The van der Waals surface area contributed by atoms with E-state index in [-0.39, 0.29) is 0 Å². The number of hydrogen-bond acceptors (Lipinski definition) is 5. The van der Waals surface area contributed by atoms with Crippen LogP contribution in [0.5, 0.6) is 0 Å². The average Bonchev–Trinajstić information content (AvgIpc) is 2.71. The summed E-state index contributed by atoms with van der Waals surface area (Å²) in [6.45, 7) is 2.46. The van der Waals surface area contributed by atoms with Gasteiger partial charge in [0, 0.05) is 12.0 Å². The Hall–Kier alpha value is -0.980. The number of ether oxygens (including phenoxy) is 1. The monoisotopic (exact) mass is 313 g/mol. The summed E-state index contributed by atoms with van der Waals surface area (Å²) < 4.78 is 5.79. The summed E-state index contributed by atoms with van der Waals surface area (Å²) in [4.78, 5) is 11.0. The second kappa shape index (κ2) is 5.12. The van der Waals surface area contributed by atoms with Crippen molar-refractivity contribution in [1.82, 2.24) is 9.97 Å². The smallest absolute Gasteiger partial charge is 0.172 e. The molecule has 2 N–H and O–H groups in total. The second-order valence-electron chi connectivity index (χ2n) is 3.54. The third kappa shape index (κ3) is 2.65. The number of nitrogens with two attached hydrogens (primary N) is 1. The van der Waals surface area contributed by atoms with Gasteiger partial charge in [0.05, 0.1) is 21.7 Å². The molecule has 2 aromatic rings. The number of nitrogen functional groups attached to an aromatic ring is 1. The number of rotatable bonds is 3. The Morgan fingerprint density at radius 2 is 2.18 bits per heavy atom. The molecule has 0 aliphatic carbocycles. The summed E-state index contributed by atoms with van der Waals surface area (Å²) in [5.74, 6) is 1.09. The third-order valence-corrected chi connectivity index (χ3v) is 4.05. The van der Waals surface area contributed by atoms with Gasteiger partial charge in [0.15, 0.2) is 5.82 Å². The summed E-state index contributed by atoms with van der Waals surface area (Å²) in [5, 5.41) is 0. The Balaban J connectivity index is 2.48. The van der Waals surface area contributed by atoms with E-state index >= 15 is 0 Å². The van der Waals surface area contributed by atoms with Crippen LogP contribution in [0, 0.1) is 6.92 Å². The Bertz CT molecular complexity index is 542. The molecular weight excluding hydrogens is 302 g/mol. The molecule has 17 heavy (non-hydrogen) atoms. The highest BCUT2D eigenvalue weighted by Gasteiger charge is 2.12. The maximum Gasteiger partial charge on any atom is 0.172 e. The predicted octanol–water partition coefficient (Wildman–Crippen LogP) is 3.00. The maximum atomic E-state index is 5.85. The molecular formula is C11H12BrN3OS. The van der Waals surface area contributed by atoms with Crippen molar-refractivity contribution in [3.05, 3.63) is 27.2 Å². The van der Waals surface area contributed by atoms with Crippen molar-refractivity contribution in [2.24, 2.45) is 0 Å². The summed E-state index contributed by atoms with van der Waals surface area (Å²) in [6, 6.07) is 4.04. The lowest BCUT2D eigenvalue weighted by atomic mass is 10.3. The van der Waals surface area contributed by atoms with Crippen molar-refractivity contribution in [3.63, 3.8) is 0 Å². The van der Waals surface area contributed by atoms with Crippen LogP contribution < -0.4 is 5.73 Å². The summed E-state index contributed by atoms with van der Waals surface area (Å²) in [6.07, 6.45) is 0. The largest absolute Gasteiger partial charge is 0.383 e. The quantitative estimate of drug-likeness (QED) is 0.946. The highest BCUT2D eigenvalue weighted by molar-refractivity contribution is 9.10. The van der Waals surface area contributed by atoms with E-state index < -0.39 is 0 Å². The van der Waals surface area contributed by atoms with E-state index in [2.05, 4.69) is 25.9 Å². The second-order valence-corrected chi connectivity index (χ2v) is 5.62. The topological polar surface area (TPSA) is 61.0 Å². The minimum Gasteiger partial charge on any atom is -0.383 e. The van der Waals surface area contributed by atoms with Crippen LogP contribution in [0.1, 0.15) is 10.6 Å². The van der Waals surface area contributed by atoms with Gasteiger partial charge in [-0.25, -0.2) is 9.97 Å². The Morgan fingerprint density at radius 1 is 1.41 bits per heavy atom. The van der Waals surface area contributed by atoms with Gasteiger partial charge >= 0.3 is 0 Å². The molecule has 0 atom stereocenters. The lowest BCUT2D eigenvalue weighted by Gasteiger charge is -2.07. The first-order valence-corrected chi connectivity index (χ1v) is 6.60. The number of aryl methyl sites for hydroxylation is 1. The van der Waals surface area contributed by atoms with Gasteiger partial charge in [-0.1, -0.05) is 0 Å². The standard InChI is InChI=1S/C11H12BrN3OS/c1-6-3-4-8(17-6)11-14-7(5-16-2)9(12)10(13)15-11/h3-4H,5H2,1-2H3,(H2,13,14,15). The SMILES string of the molecule is COCc1nc(-c2ccc(C)s2)nc(N)c1Br. The first-order valence-electron chi connectivity index (χ1n) is 4.99. The van der Waals surface area contributed by atoms with Gasteiger partial charge in [0.1, 0.15) is 5.82 Å². The van der Waals surface area contributed by atoms with Crippen molar-refractivity contribution in [2.75, 3.05) is 12.8 Å². The van der Waals surface area contributed by atoms with E-state index in [9.17, 15) is 0 Å². The van der Waals surface area contributed by atoms with Gasteiger partial charge in [-0.2, -0.15) is 0 Å². The van der Waals surface area contributed by atoms with Crippen LogP contribution in [0.3, 0.4) is 0 Å². The molecule has 2 heterocycles. The van der Waals surface area contributed by atoms with Gasteiger partial charge < -0.3 is 10.5 Å². The zero-order valence-corrected chi connectivity index (χ0v) is 11.9. The number of thiophene rings is 1. The fraction of sp³-hybridized carbons (Fsp3) is 0.273. The summed E-state index contributed by atoms with van der Waals surface area (Å²) in [5.41, 5.74) is 6.61. The van der Waals surface area contributed by atoms with Crippen molar-refractivity contribution in [1.29, 1.82) is 0 Å². The molecule has 0 unspecified atom stereocenters. The zero-order chi connectivity index (χ0) is 12.4. The van der Waals surface area contributed by atoms with Crippen LogP contribution in [0.2, 0.25) is 0 Å².